The Hall–Kier alpha value is -3.41. The van der Waals surface area contributed by atoms with Crippen LogP contribution in [0.1, 0.15) is 16.8 Å². The average Bonchev–Trinajstić information content (AvgIpc) is 2.91. The molecule has 0 fully saturated rings. The van der Waals surface area contributed by atoms with Crippen molar-refractivity contribution >= 4 is 28.5 Å². The van der Waals surface area contributed by atoms with Crippen molar-refractivity contribution in [1.29, 1.82) is 0 Å². The second-order valence-corrected chi connectivity index (χ2v) is 6.16. The molecule has 0 atom stereocenters. The fourth-order valence-corrected chi connectivity index (χ4v) is 3.07. The van der Waals surface area contributed by atoms with Gasteiger partial charge in [-0.05, 0) is 54.3 Å². The molecule has 0 unspecified atom stereocenters. The first-order valence-corrected chi connectivity index (χ1v) is 8.19. The summed E-state index contributed by atoms with van der Waals surface area (Å²) < 4.78 is 0. The molecule has 3 aromatic rings. The lowest BCUT2D eigenvalue weighted by Crippen LogP contribution is -2.13. The molecule has 3 rings (SSSR count). The van der Waals surface area contributed by atoms with Gasteiger partial charge in [0.15, 0.2) is 0 Å². The van der Waals surface area contributed by atoms with Gasteiger partial charge in [-0.15, -0.1) is 0 Å². The van der Waals surface area contributed by atoms with Crippen LogP contribution in [-0.2, 0) is 16.0 Å². The molecule has 132 valence electrons. The summed E-state index contributed by atoms with van der Waals surface area (Å²) in [6.07, 6.45) is 3.02. The van der Waals surface area contributed by atoms with Crippen LogP contribution in [0.2, 0.25) is 0 Å². The SMILES string of the molecule is C=CC(=O)Nc1cc(-c2ccc(CC(N)=O)c3[nH]c(C)c(C)c23)ccn1. The molecule has 0 saturated carbocycles. The van der Waals surface area contributed by atoms with E-state index in [0.29, 0.717) is 5.82 Å². The highest BCUT2D eigenvalue weighted by Gasteiger charge is 2.15. The maximum absolute atomic E-state index is 11.5. The molecule has 2 amide bonds. The number of aromatic amines is 1. The van der Waals surface area contributed by atoms with Crippen LogP contribution in [0.25, 0.3) is 22.0 Å². The van der Waals surface area contributed by atoms with E-state index in [1.165, 1.54) is 6.08 Å². The summed E-state index contributed by atoms with van der Waals surface area (Å²) >= 11 is 0. The third-order valence-electron chi connectivity index (χ3n) is 4.41. The summed E-state index contributed by atoms with van der Waals surface area (Å²) in [6.45, 7) is 7.47. The minimum absolute atomic E-state index is 0.174. The van der Waals surface area contributed by atoms with E-state index in [-0.39, 0.29) is 18.2 Å². The third-order valence-corrected chi connectivity index (χ3v) is 4.41. The summed E-state index contributed by atoms with van der Waals surface area (Å²) in [5.41, 5.74) is 11.2. The maximum atomic E-state index is 11.5. The van der Waals surface area contributed by atoms with Crippen LogP contribution in [-0.4, -0.2) is 21.8 Å². The lowest BCUT2D eigenvalue weighted by Gasteiger charge is -2.10. The number of H-pyrrole nitrogens is 1. The van der Waals surface area contributed by atoms with Crippen LogP contribution in [0.5, 0.6) is 0 Å². The zero-order chi connectivity index (χ0) is 18.8. The van der Waals surface area contributed by atoms with Crippen molar-refractivity contribution in [3.63, 3.8) is 0 Å². The van der Waals surface area contributed by atoms with E-state index in [4.69, 9.17) is 5.73 Å². The van der Waals surface area contributed by atoms with E-state index >= 15 is 0 Å². The molecular formula is C20H20N4O2. The lowest BCUT2D eigenvalue weighted by molar-refractivity contribution is -0.117. The van der Waals surface area contributed by atoms with Crippen LogP contribution >= 0.6 is 0 Å². The Morgan fingerprint density at radius 1 is 1.31 bits per heavy atom. The molecule has 0 aliphatic carbocycles. The van der Waals surface area contributed by atoms with E-state index in [2.05, 4.69) is 21.9 Å². The van der Waals surface area contributed by atoms with Gasteiger partial charge in [-0.1, -0.05) is 18.7 Å². The summed E-state index contributed by atoms with van der Waals surface area (Å²) in [7, 11) is 0. The van der Waals surface area contributed by atoms with Gasteiger partial charge < -0.3 is 16.0 Å². The number of aromatic nitrogens is 2. The molecule has 4 N–H and O–H groups in total. The van der Waals surface area contributed by atoms with Gasteiger partial charge in [-0.2, -0.15) is 0 Å². The van der Waals surface area contributed by atoms with Crippen molar-refractivity contribution in [3.8, 4) is 11.1 Å². The number of carbonyl (C=O) groups is 2. The molecule has 0 saturated heterocycles. The number of benzene rings is 1. The van der Waals surface area contributed by atoms with Gasteiger partial charge in [0.25, 0.3) is 0 Å². The van der Waals surface area contributed by atoms with Crippen molar-refractivity contribution in [2.45, 2.75) is 20.3 Å². The lowest BCUT2D eigenvalue weighted by atomic mass is 9.96. The first-order valence-electron chi connectivity index (χ1n) is 8.19. The van der Waals surface area contributed by atoms with Crippen LogP contribution in [0, 0.1) is 13.8 Å². The van der Waals surface area contributed by atoms with Crippen molar-refractivity contribution < 1.29 is 9.59 Å². The molecule has 0 aliphatic heterocycles. The molecule has 0 spiro atoms. The van der Waals surface area contributed by atoms with E-state index in [9.17, 15) is 9.59 Å². The van der Waals surface area contributed by atoms with Gasteiger partial charge in [0.05, 0.1) is 11.9 Å². The van der Waals surface area contributed by atoms with E-state index in [1.54, 1.807) is 6.20 Å². The number of amides is 2. The molecule has 2 heterocycles. The predicted molar refractivity (Wildman–Crippen MR) is 103 cm³/mol. The van der Waals surface area contributed by atoms with Gasteiger partial charge in [-0.25, -0.2) is 4.98 Å². The topological polar surface area (TPSA) is 101 Å². The second kappa shape index (κ2) is 6.84. The molecule has 6 nitrogen and oxygen atoms in total. The fraction of sp³-hybridized carbons (Fsp3) is 0.150. The van der Waals surface area contributed by atoms with Crippen molar-refractivity contribution in [3.05, 3.63) is 59.9 Å². The van der Waals surface area contributed by atoms with Gasteiger partial charge in [-0.3, -0.25) is 9.59 Å². The normalized spacial score (nSPS) is 10.7. The Balaban J connectivity index is 2.17. The largest absolute Gasteiger partial charge is 0.369 e. The van der Waals surface area contributed by atoms with Crippen molar-refractivity contribution in [2.75, 3.05) is 5.32 Å². The number of aryl methyl sites for hydroxylation is 2. The van der Waals surface area contributed by atoms with E-state index in [1.807, 2.05) is 38.1 Å². The minimum Gasteiger partial charge on any atom is -0.369 e. The molecule has 0 radical (unpaired) electrons. The van der Waals surface area contributed by atoms with Gasteiger partial charge in [0, 0.05) is 17.3 Å². The Morgan fingerprint density at radius 3 is 2.77 bits per heavy atom. The van der Waals surface area contributed by atoms with Gasteiger partial charge in [0.2, 0.25) is 11.8 Å². The predicted octanol–water partition coefficient (Wildman–Crippen LogP) is 3.00. The van der Waals surface area contributed by atoms with E-state index < -0.39 is 0 Å². The molecule has 0 aliphatic rings. The second-order valence-electron chi connectivity index (χ2n) is 6.16. The number of rotatable bonds is 5. The highest BCUT2D eigenvalue weighted by atomic mass is 16.1. The number of fused-ring (bicyclic) bond motifs is 1. The van der Waals surface area contributed by atoms with Crippen LogP contribution < -0.4 is 11.1 Å². The van der Waals surface area contributed by atoms with Crippen molar-refractivity contribution in [1.82, 2.24) is 9.97 Å². The Labute approximate surface area is 151 Å². The summed E-state index contributed by atoms with van der Waals surface area (Å²) in [5.74, 6) is -0.237. The van der Waals surface area contributed by atoms with Crippen LogP contribution in [0.3, 0.4) is 0 Å². The first kappa shape index (κ1) is 17.4. The smallest absolute Gasteiger partial charge is 0.248 e. The molecular weight excluding hydrogens is 328 g/mol. The minimum atomic E-state index is -0.373. The standard InChI is InChI=1S/C20H20N4O2/c1-4-18(26)24-17-10-13(7-8-22-17)15-6-5-14(9-16(21)25)20-19(15)11(2)12(3)23-20/h4-8,10,23H,1,9H2,2-3H3,(H2,21,25)(H,22,24,26). The monoisotopic (exact) mass is 348 g/mol. The maximum Gasteiger partial charge on any atom is 0.248 e. The van der Waals surface area contributed by atoms with Gasteiger partial charge in [0.1, 0.15) is 5.82 Å². The highest BCUT2D eigenvalue weighted by Crippen LogP contribution is 2.35. The average molecular weight is 348 g/mol. The number of anilines is 1. The number of hydrogen-bond donors (Lipinski definition) is 3. The molecule has 0 bridgehead atoms. The quantitative estimate of drug-likeness (QED) is 0.618. The van der Waals surface area contributed by atoms with Crippen LogP contribution in [0.15, 0.2) is 43.1 Å². The summed E-state index contributed by atoms with van der Waals surface area (Å²) in [6, 6.07) is 7.56. The third kappa shape index (κ3) is 3.21. The molecule has 6 heteroatoms. The molecule has 26 heavy (non-hydrogen) atoms. The zero-order valence-corrected chi connectivity index (χ0v) is 14.7. The van der Waals surface area contributed by atoms with E-state index in [0.717, 1.165) is 38.9 Å². The highest BCUT2D eigenvalue weighted by molar-refractivity contribution is 6.02. The molecule has 1 aromatic carbocycles. The Kier molecular flexibility index (Phi) is 4.58. The Bertz CT molecular complexity index is 1030. The molecule has 2 aromatic heterocycles. The number of nitrogens with zero attached hydrogens (tertiary/aromatic N) is 1. The number of primary amides is 1. The summed E-state index contributed by atoms with van der Waals surface area (Å²) in [5, 5.41) is 3.71. The number of hydrogen-bond acceptors (Lipinski definition) is 3. The number of carbonyl (C=O) groups excluding carboxylic acids is 2. The number of pyridine rings is 1. The number of nitrogens with two attached hydrogens (primary N) is 1. The summed E-state index contributed by atoms with van der Waals surface area (Å²) in [4.78, 5) is 30.4. The Morgan fingerprint density at radius 2 is 2.08 bits per heavy atom. The zero-order valence-electron chi connectivity index (χ0n) is 14.7. The first-order chi connectivity index (χ1) is 12.4. The van der Waals surface area contributed by atoms with Crippen LogP contribution in [0.4, 0.5) is 5.82 Å². The number of nitrogens with one attached hydrogen (secondary N) is 2. The fourth-order valence-electron chi connectivity index (χ4n) is 3.07. The van der Waals surface area contributed by atoms with Crippen molar-refractivity contribution in [2.24, 2.45) is 5.73 Å². The van der Waals surface area contributed by atoms with Gasteiger partial charge >= 0.3 is 0 Å².